The first-order chi connectivity index (χ1) is 9.80. The minimum atomic E-state index is 0.0155. The lowest BCUT2D eigenvalue weighted by molar-refractivity contribution is -0.150. The monoisotopic (exact) mass is 276 g/mol. The van der Waals surface area contributed by atoms with Crippen LogP contribution in [0.1, 0.15) is 5.56 Å². The predicted molar refractivity (Wildman–Crippen MR) is 78.5 cm³/mol. The Hall–Kier alpha value is -0.940. The highest BCUT2D eigenvalue weighted by atomic mass is 16.5. The van der Waals surface area contributed by atoms with Gasteiger partial charge >= 0.3 is 0 Å². The van der Waals surface area contributed by atoms with Crippen LogP contribution in [0.5, 0.6) is 0 Å². The van der Waals surface area contributed by atoms with Gasteiger partial charge in [0.2, 0.25) is 0 Å². The molecule has 1 aromatic carbocycles. The molecule has 4 heteroatoms. The maximum Gasteiger partial charge on any atom is 0.0579 e. The molecule has 2 aliphatic heterocycles. The molecule has 0 spiro atoms. The maximum absolute atomic E-state index is 9.50. The van der Waals surface area contributed by atoms with Crippen LogP contribution < -0.4 is 0 Å². The average molecular weight is 276 g/mol. The fourth-order valence-corrected chi connectivity index (χ4v) is 3.04. The first kappa shape index (κ1) is 14.0. The van der Waals surface area contributed by atoms with Gasteiger partial charge in [0.1, 0.15) is 0 Å². The number of nitrogens with zero attached hydrogens (tertiary/aromatic N) is 2. The van der Waals surface area contributed by atoms with Crippen LogP contribution in [0.2, 0.25) is 0 Å². The molecule has 2 aliphatic rings. The van der Waals surface area contributed by atoms with E-state index in [4.69, 9.17) is 4.74 Å². The van der Waals surface area contributed by atoms with Crippen molar-refractivity contribution in [2.45, 2.75) is 6.54 Å². The van der Waals surface area contributed by atoms with Crippen LogP contribution >= 0.6 is 0 Å². The molecule has 0 atom stereocenters. The molecular formula is C16H24N2O2. The van der Waals surface area contributed by atoms with Gasteiger partial charge in [-0.3, -0.25) is 9.80 Å². The second-order valence-electron chi connectivity index (χ2n) is 6.19. The molecule has 0 bridgehead atoms. The Morgan fingerprint density at radius 1 is 1.00 bits per heavy atom. The molecule has 0 aliphatic carbocycles. The Kier molecular flexibility index (Phi) is 4.36. The SMILES string of the molecule is OCC1(CN2CCN(Cc3ccccc3)CC2)COC1. The van der Waals surface area contributed by atoms with Crippen molar-refractivity contribution < 1.29 is 9.84 Å². The van der Waals surface area contributed by atoms with Crippen molar-refractivity contribution in [1.29, 1.82) is 0 Å². The minimum absolute atomic E-state index is 0.0155. The second-order valence-corrected chi connectivity index (χ2v) is 6.19. The van der Waals surface area contributed by atoms with E-state index in [-0.39, 0.29) is 12.0 Å². The van der Waals surface area contributed by atoms with Crippen molar-refractivity contribution in [3.8, 4) is 0 Å². The summed E-state index contributed by atoms with van der Waals surface area (Å²) in [6.07, 6.45) is 0. The number of ether oxygens (including phenoxy) is 1. The fourth-order valence-electron chi connectivity index (χ4n) is 3.04. The first-order valence-electron chi connectivity index (χ1n) is 7.47. The zero-order chi connectivity index (χ0) is 13.8. The summed E-state index contributed by atoms with van der Waals surface area (Å²) in [4.78, 5) is 4.98. The van der Waals surface area contributed by atoms with Crippen LogP contribution in [0.15, 0.2) is 30.3 Å². The van der Waals surface area contributed by atoms with E-state index in [0.717, 1.165) is 39.3 Å². The van der Waals surface area contributed by atoms with E-state index in [0.29, 0.717) is 13.2 Å². The molecule has 3 rings (SSSR count). The lowest BCUT2D eigenvalue weighted by atomic mass is 9.86. The van der Waals surface area contributed by atoms with Gasteiger partial charge in [0.15, 0.2) is 0 Å². The van der Waals surface area contributed by atoms with Crippen molar-refractivity contribution in [3.05, 3.63) is 35.9 Å². The van der Waals surface area contributed by atoms with Crippen LogP contribution in [-0.2, 0) is 11.3 Å². The highest BCUT2D eigenvalue weighted by molar-refractivity contribution is 5.14. The van der Waals surface area contributed by atoms with Gasteiger partial charge in [-0.25, -0.2) is 0 Å². The van der Waals surface area contributed by atoms with Crippen LogP contribution in [0.25, 0.3) is 0 Å². The summed E-state index contributed by atoms with van der Waals surface area (Å²) >= 11 is 0. The van der Waals surface area contributed by atoms with Crippen LogP contribution in [0, 0.1) is 5.41 Å². The summed E-state index contributed by atoms with van der Waals surface area (Å²) in [6, 6.07) is 10.7. The van der Waals surface area contributed by atoms with E-state index in [1.165, 1.54) is 5.56 Å². The Morgan fingerprint density at radius 2 is 1.65 bits per heavy atom. The Balaban J connectivity index is 1.45. The van der Waals surface area contributed by atoms with Gasteiger partial charge in [-0.1, -0.05) is 30.3 Å². The van der Waals surface area contributed by atoms with E-state index in [2.05, 4.69) is 40.1 Å². The normalized spacial score (nSPS) is 23.4. The number of rotatable bonds is 5. The number of aliphatic hydroxyl groups excluding tert-OH is 1. The van der Waals surface area contributed by atoms with E-state index in [9.17, 15) is 5.11 Å². The topological polar surface area (TPSA) is 35.9 Å². The smallest absolute Gasteiger partial charge is 0.0579 e. The van der Waals surface area contributed by atoms with Crippen LogP contribution in [0.4, 0.5) is 0 Å². The second kappa shape index (κ2) is 6.22. The number of aliphatic hydroxyl groups is 1. The minimum Gasteiger partial charge on any atom is -0.396 e. The van der Waals surface area contributed by atoms with Gasteiger partial charge in [-0.2, -0.15) is 0 Å². The molecule has 0 amide bonds. The zero-order valence-corrected chi connectivity index (χ0v) is 12.0. The lowest BCUT2D eigenvalue weighted by Gasteiger charge is -2.45. The van der Waals surface area contributed by atoms with Crippen molar-refractivity contribution in [3.63, 3.8) is 0 Å². The van der Waals surface area contributed by atoms with Crippen molar-refractivity contribution in [2.75, 3.05) is 52.5 Å². The van der Waals surface area contributed by atoms with Crippen LogP contribution in [-0.4, -0.2) is 67.5 Å². The molecule has 0 unspecified atom stereocenters. The molecule has 0 aromatic heterocycles. The molecular weight excluding hydrogens is 252 g/mol. The maximum atomic E-state index is 9.50. The first-order valence-corrected chi connectivity index (χ1v) is 7.47. The molecule has 2 saturated heterocycles. The zero-order valence-electron chi connectivity index (χ0n) is 12.0. The third-order valence-electron chi connectivity index (χ3n) is 4.42. The Bertz CT molecular complexity index is 406. The van der Waals surface area contributed by atoms with Crippen molar-refractivity contribution in [1.82, 2.24) is 9.80 Å². The third kappa shape index (κ3) is 3.20. The molecule has 20 heavy (non-hydrogen) atoms. The van der Waals surface area contributed by atoms with Crippen molar-refractivity contribution >= 4 is 0 Å². The third-order valence-corrected chi connectivity index (χ3v) is 4.42. The number of hydrogen-bond donors (Lipinski definition) is 1. The van der Waals surface area contributed by atoms with Crippen molar-refractivity contribution in [2.24, 2.45) is 5.41 Å². The largest absolute Gasteiger partial charge is 0.396 e. The molecule has 2 heterocycles. The van der Waals surface area contributed by atoms with Gasteiger partial charge in [-0.15, -0.1) is 0 Å². The van der Waals surface area contributed by atoms with Crippen LogP contribution in [0.3, 0.4) is 0 Å². The quantitative estimate of drug-likeness (QED) is 0.863. The summed E-state index contributed by atoms with van der Waals surface area (Å²) in [7, 11) is 0. The molecule has 1 N–H and O–H groups in total. The summed E-state index contributed by atoms with van der Waals surface area (Å²) in [5.74, 6) is 0. The van der Waals surface area contributed by atoms with E-state index < -0.39 is 0 Å². The summed E-state index contributed by atoms with van der Waals surface area (Å²) in [5.41, 5.74) is 1.40. The highest BCUT2D eigenvalue weighted by Crippen LogP contribution is 2.28. The predicted octanol–water partition coefficient (Wildman–Crippen LogP) is 0.813. The number of hydrogen-bond acceptors (Lipinski definition) is 4. The summed E-state index contributed by atoms with van der Waals surface area (Å²) in [5, 5.41) is 9.50. The fraction of sp³-hybridized carbons (Fsp3) is 0.625. The average Bonchev–Trinajstić information content (AvgIpc) is 2.46. The summed E-state index contributed by atoms with van der Waals surface area (Å²) in [6.45, 7) is 8.10. The van der Waals surface area contributed by atoms with Gasteiger partial charge in [0.25, 0.3) is 0 Å². The molecule has 0 saturated carbocycles. The Morgan fingerprint density at radius 3 is 2.20 bits per heavy atom. The molecule has 110 valence electrons. The van der Waals surface area contributed by atoms with E-state index >= 15 is 0 Å². The van der Waals surface area contributed by atoms with E-state index in [1.807, 2.05) is 0 Å². The van der Waals surface area contributed by atoms with Gasteiger partial charge < -0.3 is 9.84 Å². The molecule has 0 radical (unpaired) electrons. The number of piperazine rings is 1. The van der Waals surface area contributed by atoms with Gasteiger partial charge in [0.05, 0.1) is 25.2 Å². The van der Waals surface area contributed by atoms with E-state index in [1.54, 1.807) is 0 Å². The van der Waals surface area contributed by atoms with Gasteiger partial charge in [0, 0.05) is 39.3 Å². The molecule has 4 nitrogen and oxygen atoms in total. The summed E-state index contributed by atoms with van der Waals surface area (Å²) < 4.78 is 5.27. The molecule has 2 fully saturated rings. The standard InChI is InChI=1S/C16H24N2O2/c19-12-16(13-20-14-16)11-18-8-6-17(7-9-18)10-15-4-2-1-3-5-15/h1-5,19H,6-14H2. The molecule has 1 aromatic rings. The highest BCUT2D eigenvalue weighted by Gasteiger charge is 2.40. The number of benzene rings is 1. The lowest BCUT2D eigenvalue weighted by Crippen LogP contribution is -2.56. The Labute approximate surface area is 120 Å². The van der Waals surface area contributed by atoms with Gasteiger partial charge in [-0.05, 0) is 5.56 Å².